The number of amides is 1. The topological polar surface area (TPSA) is 76.9 Å². The van der Waals surface area contributed by atoms with Crippen molar-refractivity contribution in [1.82, 2.24) is 14.8 Å². The lowest BCUT2D eigenvalue weighted by atomic mass is 10.1. The Labute approximate surface area is 145 Å². The number of hydrogen-bond donors (Lipinski definition) is 1. The number of anilines is 1. The Morgan fingerprint density at radius 3 is 2.72 bits per heavy atom. The summed E-state index contributed by atoms with van der Waals surface area (Å²) in [4.78, 5) is 28.4. The number of aromatic nitrogens is 3. The van der Waals surface area contributed by atoms with Gasteiger partial charge in [0.2, 0.25) is 5.91 Å². The lowest BCUT2D eigenvalue weighted by Gasteiger charge is -2.11. The third-order valence-electron chi connectivity index (χ3n) is 3.79. The van der Waals surface area contributed by atoms with Crippen molar-refractivity contribution in [3.8, 4) is 11.3 Å². The molecule has 1 N–H and O–H groups in total. The fraction of sp³-hybridized carbons (Fsp3) is 0.158. The van der Waals surface area contributed by atoms with E-state index in [1.807, 2.05) is 37.3 Å². The zero-order valence-corrected chi connectivity index (χ0v) is 13.8. The van der Waals surface area contributed by atoms with Crippen LogP contribution in [0.4, 0.5) is 5.69 Å². The van der Waals surface area contributed by atoms with Crippen molar-refractivity contribution in [1.29, 1.82) is 0 Å². The molecular formula is C19H18N4O2. The number of rotatable bonds is 5. The molecule has 0 saturated carbocycles. The third kappa shape index (κ3) is 3.98. The molecule has 0 aliphatic rings. The highest BCUT2D eigenvalue weighted by molar-refractivity contribution is 5.91. The zero-order chi connectivity index (χ0) is 17.6. The van der Waals surface area contributed by atoms with Crippen LogP contribution in [0.2, 0.25) is 0 Å². The fourth-order valence-electron chi connectivity index (χ4n) is 2.51. The zero-order valence-electron chi connectivity index (χ0n) is 13.8. The van der Waals surface area contributed by atoms with E-state index < -0.39 is 0 Å². The Morgan fingerprint density at radius 1 is 1.12 bits per heavy atom. The minimum atomic E-state index is -0.327. The Hall–Kier alpha value is -3.28. The quantitative estimate of drug-likeness (QED) is 0.778. The summed E-state index contributed by atoms with van der Waals surface area (Å²) < 4.78 is 1.16. The van der Waals surface area contributed by atoms with Crippen LogP contribution >= 0.6 is 0 Å². The Kier molecular flexibility index (Phi) is 4.99. The van der Waals surface area contributed by atoms with Crippen molar-refractivity contribution in [3.63, 3.8) is 0 Å². The van der Waals surface area contributed by atoms with Crippen LogP contribution < -0.4 is 10.9 Å². The third-order valence-corrected chi connectivity index (χ3v) is 3.79. The standard InChI is InChI=1S/C19H18N4O2/c1-2-14-6-3-4-8-16(14)21-18(24)13-23-19(25)10-9-17(22-23)15-7-5-11-20-12-15/h3-12H,2,13H2,1H3,(H,21,24). The summed E-state index contributed by atoms with van der Waals surface area (Å²) in [6.45, 7) is 1.87. The van der Waals surface area contributed by atoms with Crippen molar-refractivity contribution in [2.24, 2.45) is 0 Å². The predicted octanol–water partition coefficient (Wildman–Crippen LogP) is 2.51. The molecule has 126 valence electrons. The summed E-state index contributed by atoms with van der Waals surface area (Å²) in [6.07, 6.45) is 4.14. The number of carbonyl (C=O) groups is 1. The maximum absolute atomic E-state index is 12.3. The van der Waals surface area contributed by atoms with Crippen LogP contribution in [0.25, 0.3) is 11.3 Å². The number of carbonyl (C=O) groups excluding carboxylic acids is 1. The number of hydrogen-bond acceptors (Lipinski definition) is 4. The van der Waals surface area contributed by atoms with Crippen LogP contribution in [0.1, 0.15) is 12.5 Å². The molecule has 6 heteroatoms. The van der Waals surface area contributed by atoms with Crippen LogP contribution in [0, 0.1) is 0 Å². The number of benzene rings is 1. The maximum atomic E-state index is 12.3. The molecule has 25 heavy (non-hydrogen) atoms. The van der Waals surface area contributed by atoms with Crippen molar-refractivity contribution in [2.75, 3.05) is 5.32 Å². The molecule has 2 aromatic heterocycles. The van der Waals surface area contributed by atoms with E-state index in [1.165, 1.54) is 6.07 Å². The van der Waals surface area contributed by atoms with E-state index in [0.717, 1.165) is 27.9 Å². The predicted molar refractivity (Wildman–Crippen MR) is 96.2 cm³/mol. The molecular weight excluding hydrogens is 316 g/mol. The molecule has 6 nitrogen and oxygen atoms in total. The van der Waals surface area contributed by atoms with Gasteiger partial charge in [0, 0.05) is 29.7 Å². The van der Waals surface area contributed by atoms with Crippen molar-refractivity contribution < 1.29 is 4.79 Å². The van der Waals surface area contributed by atoms with Gasteiger partial charge in [-0.1, -0.05) is 25.1 Å². The molecule has 0 aliphatic heterocycles. The van der Waals surface area contributed by atoms with Gasteiger partial charge in [-0.2, -0.15) is 5.10 Å². The van der Waals surface area contributed by atoms with Crippen LogP contribution in [0.3, 0.4) is 0 Å². The van der Waals surface area contributed by atoms with E-state index in [9.17, 15) is 9.59 Å². The van der Waals surface area contributed by atoms with Gasteiger partial charge in [-0.15, -0.1) is 0 Å². The van der Waals surface area contributed by atoms with Gasteiger partial charge in [0.05, 0.1) is 5.69 Å². The number of pyridine rings is 1. The normalized spacial score (nSPS) is 10.4. The maximum Gasteiger partial charge on any atom is 0.267 e. The lowest BCUT2D eigenvalue weighted by molar-refractivity contribution is -0.117. The first-order valence-corrected chi connectivity index (χ1v) is 8.03. The molecule has 0 atom stereocenters. The largest absolute Gasteiger partial charge is 0.324 e. The fourth-order valence-corrected chi connectivity index (χ4v) is 2.51. The van der Waals surface area contributed by atoms with Crippen LogP contribution in [0.5, 0.6) is 0 Å². The van der Waals surface area contributed by atoms with Crippen molar-refractivity contribution in [2.45, 2.75) is 19.9 Å². The summed E-state index contributed by atoms with van der Waals surface area (Å²) in [5.74, 6) is -0.293. The van der Waals surface area contributed by atoms with Gasteiger partial charge < -0.3 is 5.32 Å². The summed E-state index contributed by atoms with van der Waals surface area (Å²) >= 11 is 0. The van der Waals surface area contributed by atoms with Gasteiger partial charge in [0.15, 0.2) is 0 Å². The first kappa shape index (κ1) is 16.6. The highest BCUT2D eigenvalue weighted by Gasteiger charge is 2.10. The van der Waals surface area contributed by atoms with Gasteiger partial charge in [0.1, 0.15) is 6.54 Å². The van der Waals surface area contributed by atoms with Crippen LogP contribution in [0.15, 0.2) is 65.7 Å². The van der Waals surface area contributed by atoms with E-state index in [4.69, 9.17) is 0 Å². The minimum absolute atomic E-state index is 0.148. The summed E-state index contributed by atoms with van der Waals surface area (Å²) in [5.41, 5.74) is 2.85. The van der Waals surface area contributed by atoms with Crippen LogP contribution in [-0.4, -0.2) is 20.7 Å². The average Bonchev–Trinajstić information content (AvgIpc) is 2.64. The van der Waals surface area contributed by atoms with Gasteiger partial charge >= 0.3 is 0 Å². The van der Waals surface area contributed by atoms with Gasteiger partial charge in [-0.25, -0.2) is 4.68 Å². The Bertz CT molecular complexity index is 935. The second kappa shape index (κ2) is 7.53. The highest BCUT2D eigenvalue weighted by Crippen LogP contribution is 2.15. The molecule has 0 unspecified atom stereocenters. The van der Waals surface area contributed by atoms with E-state index in [-0.39, 0.29) is 18.0 Å². The van der Waals surface area contributed by atoms with Crippen molar-refractivity contribution in [3.05, 3.63) is 76.8 Å². The molecule has 0 aliphatic carbocycles. The van der Waals surface area contributed by atoms with E-state index in [1.54, 1.807) is 24.5 Å². The smallest absolute Gasteiger partial charge is 0.267 e. The molecule has 0 saturated heterocycles. The second-order valence-electron chi connectivity index (χ2n) is 5.52. The number of nitrogens with zero attached hydrogens (tertiary/aromatic N) is 3. The Balaban J connectivity index is 1.80. The van der Waals surface area contributed by atoms with E-state index in [0.29, 0.717) is 5.69 Å². The average molecular weight is 334 g/mol. The first-order chi connectivity index (χ1) is 12.2. The number of para-hydroxylation sites is 1. The highest BCUT2D eigenvalue weighted by atomic mass is 16.2. The molecule has 0 radical (unpaired) electrons. The molecule has 1 aromatic carbocycles. The molecule has 0 bridgehead atoms. The lowest BCUT2D eigenvalue weighted by Crippen LogP contribution is -2.29. The SMILES string of the molecule is CCc1ccccc1NC(=O)Cn1nc(-c2cccnc2)ccc1=O. The van der Waals surface area contributed by atoms with Crippen molar-refractivity contribution >= 4 is 11.6 Å². The molecule has 1 amide bonds. The Morgan fingerprint density at radius 2 is 1.96 bits per heavy atom. The molecule has 2 heterocycles. The molecule has 0 fully saturated rings. The summed E-state index contributed by atoms with van der Waals surface area (Å²) in [6, 6.07) is 14.3. The molecule has 3 aromatic rings. The van der Waals surface area contributed by atoms with E-state index in [2.05, 4.69) is 15.4 Å². The van der Waals surface area contributed by atoms with Crippen LogP contribution in [-0.2, 0) is 17.8 Å². The molecule has 3 rings (SSSR count). The monoisotopic (exact) mass is 334 g/mol. The van der Waals surface area contributed by atoms with Gasteiger partial charge in [-0.3, -0.25) is 14.6 Å². The first-order valence-electron chi connectivity index (χ1n) is 8.03. The summed E-state index contributed by atoms with van der Waals surface area (Å²) in [7, 11) is 0. The second-order valence-corrected chi connectivity index (χ2v) is 5.52. The minimum Gasteiger partial charge on any atom is -0.324 e. The van der Waals surface area contributed by atoms with Gasteiger partial charge in [-0.05, 0) is 36.2 Å². The van der Waals surface area contributed by atoms with E-state index >= 15 is 0 Å². The number of nitrogens with one attached hydrogen (secondary N) is 1. The number of aryl methyl sites for hydroxylation is 1. The summed E-state index contributed by atoms with van der Waals surface area (Å²) in [5, 5.41) is 7.12. The van der Waals surface area contributed by atoms with Gasteiger partial charge in [0.25, 0.3) is 5.56 Å². The molecule has 0 spiro atoms.